The average molecular weight is 391 g/mol. The number of likely N-dealkylation sites (tertiary alicyclic amines) is 1. The summed E-state index contributed by atoms with van der Waals surface area (Å²) in [6.07, 6.45) is 0.458. The molecule has 146 valence electrons. The number of sulfone groups is 1. The summed E-state index contributed by atoms with van der Waals surface area (Å²) in [6.45, 7) is 2.79. The fraction of sp³-hybridized carbons (Fsp3) is 0.450. The van der Waals surface area contributed by atoms with E-state index in [-0.39, 0.29) is 23.2 Å². The van der Waals surface area contributed by atoms with Crippen LogP contribution in [0.25, 0.3) is 10.8 Å². The second kappa shape index (κ2) is 7.86. The highest BCUT2D eigenvalue weighted by Gasteiger charge is 2.35. The van der Waals surface area contributed by atoms with Gasteiger partial charge in [-0.1, -0.05) is 30.3 Å². The molecule has 1 fully saturated rings. The number of nitrogens with zero attached hydrogens (tertiary/aromatic N) is 1. The summed E-state index contributed by atoms with van der Waals surface area (Å²) in [4.78, 5) is 13.6. The SMILES string of the molecule is CCOC(=O)N1CCC(O)(CCS(=O)(=O)c2ccc3ccccc3c2)CC1. The van der Waals surface area contributed by atoms with Crippen molar-refractivity contribution in [1.29, 1.82) is 0 Å². The molecule has 1 heterocycles. The van der Waals surface area contributed by atoms with Crippen LogP contribution in [-0.4, -0.2) is 55.6 Å². The van der Waals surface area contributed by atoms with Gasteiger partial charge in [0.15, 0.2) is 9.84 Å². The van der Waals surface area contributed by atoms with Crippen molar-refractivity contribution in [2.24, 2.45) is 0 Å². The Kier molecular flexibility index (Phi) is 5.72. The van der Waals surface area contributed by atoms with Crippen LogP contribution in [0.15, 0.2) is 47.4 Å². The molecule has 0 aliphatic carbocycles. The van der Waals surface area contributed by atoms with Crippen LogP contribution in [0.3, 0.4) is 0 Å². The van der Waals surface area contributed by atoms with E-state index in [0.717, 1.165) is 10.8 Å². The molecule has 2 aromatic carbocycles. The van der Waals surface area contributed by atoms with Gasteiger partial charge in [0.1, 0.15) is 0 Å². The number of aliphatic hydroxyl groups is 1. The molecule has 6 nitrogen and oxygen atoms in total. The smallest absolute Gasteiger partial charge is 0.409 e. The van der Waals surface area contributed by atoms with Crippen LogP contribution in [0.4, 0.5) is 4.79 Å². The zero-order valence-electron chi connectivity index (χ0n) is 15.4. The number of hydrogen-bond donors (Lipinski definition) is 1. The lowest BCUT2D eigenvalue weighted by molar-refractivity contribution is -0.0219. The second-order valence-corrected chi connectivity index (χ2v) is 9.10. The molecule has 2 aromatic rings. The van der Waals surface area contributed by atoms with Gasteiger partial charge in [-0.2, -0.15) is 0 Å². The van der Waals surface area contributed by atoms with Gasteiger partial charge >= 0.3 is 6.09 Å². The summed E-state index contributed by atoms with van der Waals surface area (Å²) in [5, 5.41) is 12.6. The van der Waals surface area contributed by atoms with Crippen LogP contribution < -0.4 is 0 Å². The van der Waals surface area contributed by atoms with Crippen molar-refractivity contribution >= 4 is 26.7 Å². The molecular weight excluding hydrogens is 366 g/mol. The molecule has 7 heteroatoms. The first kappa shape index (κ1) is 19.6. The molecule has 1 saturated heterocycles. The van der Waals surface area contributed by atoms with E-state index in [1.165, 1.54) is 0 Å². The number of fused-ring (bicyclic) bond motifs is 1. The predicted octanol–water partition coefficient (Wildman–Crippen LogP) is 2.99. The highest BCUT2D eigenvalue weighted by atomic mass is 32.2. The largest absolute Gasteiger partial charge is 0.450 e. The highest BCUT2D eigenvalue weighted by molar-refractivity contribution is 7.91. The van der Waals surface area contributed by atoms with Gasteiger partial charge in [-0.3, -0.25) is 0 Å². The van der Waals surface area contributed by atoms with Crippen LogP contribution in [0.2, 0.25) is 0 Å². The number of piperidine rings is 1. The topological polar surface area (TPSA) is 83.9 Å². The van der Waals surface area contributed by atoms with Gasteiger partial charge in [-0.25, -0.2) is 13.2 Å². The summed E-state index contributed by atoms with van der Waals surface area (Å²) in [5.41, 5.74) is -1.08. The fourth-order valence-corrected chi connectivity index (χ4v) is 4.84. The predicted molar refractivity (Wildman–Crippen MR) is 103 cm³/mol. The average Bonchev–Trinajstić information content (AvgIpc) is 2.67. The molecule has 1 N–H and O–H groups in total. The number of amides is 1. The Balaban J connectivity index is 1.63. The first-order chi connectivity index (χ1) is 12.8. The molecule has 1 aliphatic rings. The Morgan fingerprint density at radius 3 is 2.48 bits per heavy atom. The van der Waals surface area contributed by atoms with E-state index in [0.29, 0.717) is 32.5 Å². The van der Waals surface area contributed by atoms with Crippen molar-refractivity contribution in [3.8, 4) is 0 Å². The van der Waals surface area contributed by atoms with E-state index in [1.54, 1.807) is 30.0 Å². The second-order valence-electron chi connectivity index (χ2n) is 6.99. The molecular formula is C20H25NO5S. The standard InChI is InChI=1S/C20H25NO5S/c1-2-26-19(22)21-12-9-20(23,10-13-21)11-14-27(24,25)18-8-7-16-5-3-4-6-17(16)15-18/h3-8,15,23H,2,9-14H2,1H3. The number of carbonyl (C=O) groups excluding carboxylic acids is 1. The van der Waals surface area contributed by atoms with Gasteiger partial charge in [0.25, 0.3) is 0 Å². The first-order valence-electron chi connectivity index (χ1n) is 9.19. The summed E-state index contributed by atoms with van der Waals surface area (Å²) in [5.74, 6) is -0.124. The van der Waals surface area contributed by atoms with Gasteiger partial charge in [0.2, 0.25) is 0 Å². The molecule has 0 spiro atoms. The van der Waals surface area contributed by atoms with Crippen molar-refractivity contribution < 1.29 is 23.1 Å². The number of hydrogen-bond acceptors (Lipinski definition) is 5. The fourth-order valence-electron chi connectivity index (χ4n) is 3.37. The maximum Gasteiger partial charge on any atom is 0.409 e. The number of benzene rings is 2. The summed E-state index contributed by atoms with van der Waals surface area (Å²) < 4.78 is 30.4. The van der Waals surface area contributed by atoms with Gasteiger partial charge in [0, 0.05) is 13.1 Å². The van der Waals surface area contributed by atoms with E-state index < -0.39 is 15.4 Å². The van der Waals surface area contributed by atoms with Crippen LogP contribution in [0.1, 0.15) is 26.2 Å². The summed E-state index contributed by atoms with van der Waals surface area (Å²) in [7, 11) is -3.49. The molecule has 0 aromatic heterocycles. The van der Waals surface area contributed by atoms with Crippen molar-refractivity contribution in [2.45, 2.75) is 36.7 Å². The zero-order valence-corrected chi connectivity index (χ0v) is 16.2. The van der Waals surface area contributed by atoms with Crippen molar-refractivity contribution in [1.82, 2.24) is 4.90 Å². The highest BCUT2D eigenvalue weighted by Crippen LogP contribution is 2.28. The normalized spacial score (nSPS) is 17.0. The molecule has 0 unspecified atom stereocenters. The Bertz CT molecular complexity index is 917. The maximum absolute atomic E-state index is 12.7. The Hall–Kier alpha value is -2.12. The van der Waals surface area contributed by atoms with E-state index in [1.807, 2.05) is 24.3 Å². The number of carbonyl (C=O) groups is 1. The van der Waals surface area contributed by atoms with Gasteiger partial charge in [0.05, 0.1) is 22.9 Å². The van der Waals surface area contributed by atoms with Gasteiger partial charge in [-0.05, 0) is 49.1 Å². The van der Waals surface area contributed by atoms with E-state index in [9.17, 15) is 18.3 Å². The van der Waals surface area contributed by atoms with Crippen molar-refractivity contribution in [3.63, 3.8) is 0 Å². The molecule has 0 saturated carbocycles. The maximum atomic E-state index is 12.7. The van der Waals surface area contributed by atoms with E-state index in [4.69, 9.17) is 4.74 Å². The Morgan fingerprint density at radius 1 is 1.15 bits per heavy atom. The lowest BCUT2D eigenvalue weighted by Crippen LogP contribution is -2.47. The number of rotatable bonds is 5. The van der Waals surface area contributed by atoms with E-state index >= 15 is 0 Å². The molecule has 0 bridgehead atoms. The van der Waals surface area contributed by atoms with Crippen LogP contribution in [0.5, 0.6) is 0 Å². The van der Waals surface area contributed by atoms with Gasteiger partial charge < -0.3 is 14.7 Å². The summed E-state index contributed by atoms with van der Waals surface area (Å²) in [6, 6.07) is 12.7. The molecule has 1 aliphatic heterocycles. The lowest BCUT2D eigenvalue weighted by atomic mass is 9.89. The third-order valence-electron chi connectivity index (χ3n) is 5.14. The van der Waals surface area contributed by atoms with Gasteiger partial charge in [-0.15, -0.1) is 0 Å². The minimum atomic E-state index is -3.49. The third kappa shape index (κ3) is 4.59. The minimum absolute atomic E-state index is 0.124. The third-order valence-corrected chi connectivity index (χ3v) is 6.85. The Labute approximate surface area is 159 Å². The van der Waals surface area contributed by atoms with Crippen molar-refractivity contribution in [2.75, 3.05) is 25.4 Å². The van der Waals surface area contributed by atoms with E-state index in [2.05, 4.69) is 0 Å². The minimum Gasteiger partial charge on any atom is -0.450 e. The molecule has 3 rings (SSSR count). The molecule has 27 heavy (non-hydrogen) atoms. The Morgan fingerprint density at radius 2 is 1.81 bits per heavy atom. The van der Waals surface area contributed by atoms with Crippen LogP contribution >= 0.6 is 0 Å². The lowest BCUT2D eigenvalue weighted by Gasteiger charge is -2.37. The number of ether oxygens (including phenoxy) is 1. The quantitative estimate of drug-likeness (QED) is 0.847. The van der Waals surface area contributed by atoms with Crippen LogP contribution in [0, 0.1) is 0 Å². The summed E-state index contributed by atoms with van der Waals surface area (Å²) >= 11 is 0. The molecule has 0 atom stereocenters. The first-order valence-corrected chi connectivity index (χ1v) is 10.8. The molecule has 0 radical (unpaired) electrons. The van der Waals surface area contributed by atoms with Crippen molar-refractivity contribution in [3.05, 3.63) is 42.5 Å². The van der Waals surface area contributed by atoms with Crippen LogP contribution in [-0.2, 0) is 14.6 Å². The zero-order chi connectivity index (χ0) is 19.5. The monoisotopic (exact) mass is 391 g/mol. The molecule has 1 amide bonds.